The number of benzene rings is 2. The molecule has 0 saturated carbocycles. The number of anilines is 1. The second-order valence-electron chi connectivity index (χ2n) is 4.04. The van der Waals surface area contributed by atoms with E-state index < -0.39 is 11.8 Å². The van der Waals surface area contributed by atoms with Crippen LogP contribution in [0, 0.1) is 17.1 Å². The minimum Gasteiger partial charge on any atom is -0.465 e. The molecule has 0 aliphatic heterocycles. The van der Waals surface area contributed by atoms with Crippen molar-refractivity contribution >= 4 is 11.7 Å². The average Bonchev–Trinajstić information content (AvgIpc) is 2.48. The predicted octanol–water partition coefficient (Wildman–Crippen LogP) is 2.86. The molecule has 0 amide bonds. The quantitative estimate of drug-likeness (QED) is 0.692. The van der Waals surface area contributed by atoms with Crippen molar-refractivity contribution in [3.63, 3.8) is 0 Å². The molecule has 2 rings (SSSR count). The Labute approximate surface area is 120 Å². The molecule has 2 N–H and O–H groups in total. The molecule has 106 valence electrons. The molecule has 0 aromatic heterocycles. The first kappa shape index (κ1) is 14.3. The molecule has 2 aromatic rings. The van der Waals surface area contributed by atoms with E-state index in [-0.39, 0.29) is 28.3 Å². The largest absolute Gasteiger partial charge is 0.465 e. The number of carbonyl (C=O) groups excluding carboxylic acids is 1. The fraction of sp³-hybridized carbons (Fsp3) is 0.0667. The van der Waals surface area contributed by atoms with E-state index in [2.05, 4.69) is 4.74 Å². The lowest BCUT2D eigenvalue weighted by molar-refractivity contribution is 0.0598. The Hall–Kier alpha value is -3.07. The van der Waals surface area contributed by atoms with Crippen molar-refractivity contribution in [2.24, 2.45) is 0 Å². The van der Waals surface area contributed by atoms with E-state index in [0.29, 0.717) is 0 Å². The van der Waals surface area contributed by atoms with Gasteiger partial charge in [0.05, 0.1) is 12.8 Å². The van der Waals surface area contributed by atoms with Gasteiger partial charge in [-0.3, -0.25) is 0 Å². The standard InChI is InChI=1S/C15H11FN2O3/c1-20-15(19)9-4-2-6-12(18)14(9)21-13-7-3-5-11(16)10(13)8-17/h2-7H,18H2,1H3. The number of nitrogens with zero attached hydrogens (tertiary/aromatic N) is 1. The number of rotatable bonds is 3. The number of nitrogen functional groups attached to an aromatic ring is 1. The average molecular weight is 286 g/mol. The zero-order valence-electron chi connectivity index (χ0n) is 11.1. The minimum absolute atomic E-state index is 0.0199. The van der Waals surface area contributed by atoms with Gasteiger partial charge >= 0.3 is 5.97 Å². The highest BCUT2D eigenvalue weighted by Crippen LogP contribution is 2.34. The molecule has 0 radical (unpaired) electrons. The topological polar surface area (TPSA) is 85.3 Å². The predicted molar refractivity (Wildman–Crippen MR) is 73.4 cm³/mol. The molecular formula is C15H11FN2O3. The van der Waals surface area contributed by atoms with Crippen molar-refractivity contribution in [3.05, 3.63) is 53.3 Å². The van der Waals surface area contributed by atoms with Crippen LogP contribution in [-0.4, -0.2) is 13.1 Å². The van der Waals surface area contributed by atoms with Crippen LogP contribution in [0.15, 0.2) is 36.4 Å². The first-order chi connectivity index (χ1) is 10.1. The van der Waals surface area contributed by atoms with Gasteiger partial charge in [-0.1, -0.05) is 12.1 Å². The fourth-order valence-corrected chi connectivity index (χ4v) is 1.75. The van der Waals surface area contributed by atoms with Crippen molar-refractivity contribution in [2.75, 3.05) is 12.8 Å². The zero-order chi connectivity index (χ0) is 15.4. The summed E-state index contributed by atoms with van der Waals surface area (Å²) >= 11 is 0. The van der Waals surface area contributed by atoms with Crippen molar-refractivity contribution in [2.45, 2.75) is 0 Å². The SMILES string of the molecule is COC(=O)c1cccc(N)c1Oc1cccc(F)c1C#N. The molecule has 0 aliphatic carbocycles. The highest BCUT2D eigenvalue weighted by Gasteiger charge is 2.18. The fourth-order valence-electron chi connectivity index (χ4n) is 1.75. The van der Waals surface area contributed by atoms with Crippen molar-refractivity contribution < 1.29 is 18.7 Å². The number of nitriles is 1. The summed E-state index contributed by atoms with van der Waals surface area (Å²) in [6, 6.07) is 10.2. The van der Waals surface area contributed by atoms with Gasteiger partial charge in [0.2, 0.25) is 0 Å². The zero-order valence-corrected chi connectivity index (χ0v) is 11.1. The van der Waals surface area contributed by atoms with E-state index in [0.717, 1.165) is 6.07 Å². The number of para-hydroxylation sites is 1. The van der Waals surface area contributed by atoms with Gasteiger partial charge in [0, 0.05) is 0 Å². The molecule has 0 bridgehead atoms. The van der Waals surface area contributed by atoms with E-state index in [4.69, 9.17) is 15.7 Å². The molecule has 5 nitrogen and oxygen atoms in total. The molecule has 0 atom stereocenters. The minimum atomic E-state index is -0.718. The second-order valence-corrected chi connectivity index (χ2v) is 4.04. The highest BCUT2D eigenvalue weighted by molar-refractivity contribution is 5.94. The molecule has 2 aromatic carbocycles. The monoisotopic (exact) mass is 286 g/mol. The molecule has 21 heavy (non-hydrogen) atoms. The highest BCUT2D eigenvalue weighted by atomic mass is 19.1. The number of methoxy groups -OCH3 is 1. The van der Waals surface area contributed by atoms with Crippen LogP contribution in [0.1, 0.15) is 15.9 Å². The molecule has 0 fully saturated rings. The Kier molecular flexibility index (Phi) is 4.05. The molecular weight excluding hydrogens is 275 g/mol. The molecule has 0 saturated heterocycles. The third kappa shape index (κ3) is 2.77. The molecule has 0 heterocycles. The lowest BCUT2D eigenvalue weighted by atomic mass is 10.1. The first-order valence-corrected chi connectivity index (χ1v) is 5.91. The van der Waals surface area contributed by atoms with Crippen molar-refractivity contribution in [1.29, 1.82) is 5.26 Å². The summed E-state index contributed by atoms with van der Waals surface area (Å²) in [5, 5.41) is 8.98. The number of carbonyl (C=O) groups is 1. The van der Waals surface area contributed by atoms with Crippen LogP contribution in [0.2, 0.25) is 0 Å². The second kappa shape index (κ2) is 5.92. The van der Waals surface area contributed by atoms with Crippen LogP contribution >= 0.6 is 0 Å². The van der Waals surface area contributed by atoms with Crippen LogP contribution in [0.25, 0.3) is 0 Å². The Morgan fingerprint density at radius 3 is 2.67 bits per heavy atom. The van der Waals surface area contributed by atoms with Gasteiger partial charge in [0.1, 0.15) is 28.8 Å². The summed E-state index contributed by atoms with van der Waals surface area (Å²) < 4.78 is 23.7. The van der Waals surface area contributed by atoms with Crippen molar-refractivity contribution in [1.82, 2.24) is 0 Å². The van der Waals surface area contributed by atoms with Gasteiger partial charge in [0.25, 0.3) is 0 Å². The number of ether oxygens (including phenoxy) is 2. The molecule has 0 unspecified atom stereocenters. The summed E-state index contributed by atoms with van der Waals surface area (Å²) in [5.74, 6) is -1.37. The van der Waals surface area contributed by atoms with E-state index in [1.54, 1.807) is 12.1 Å². The van der Waals surface area contributed by atoms with Crippen LogP contribution < -0.4 is 10.5 Å². The van der Waals surface area contributed by atoms with Gasteiger partial charge in [-0.05, 0) is 24.3 Å². The summed E-state index contributed by atoms with van der Waals surface area (Å²) in [6.45, 7) is 0. The summed E-state index contributed by atoms with van der Waals surface area (Å²) in [7, 11) is 1.22. The summed E-state index contributed by atoms with van der Waals surface area (Å²) in [4.78, 5) is 11.7. The Bertz CT molecular complexity index is 738. The van der Waals surface area contributed by atoms with E-state index in [1.165, 1.54) is 31.4 Å². The lowest BCUT2D eigenvalue weighted by Gasteiger charge is -2.13. The Morgan fingerprint density at radius 1 is 1.29 bits per heavy atom. The number of nitrogens with two attached hydrogens (primary N) is 1. The molecule has 0 aliphatic rings. The van der Waals surface area contributed by atoms with E-state index in [1.807, 2.05) is 0 Å². The van der Waals surface area contributed by atoms with Crippen LogP contribution in [0.3, 0.4) is 0 Å². The van der Waals surface area contributed by atoms with Crippen LogP contribution in [0.4, 0.5) is 10.1 Å². The number of hydrogen-bond donors (Lipinski definition) is 1. The normalized spacial score (nSPS) is 9.76. The van der Waals surface area contributed by atoms with Gasteiger partial charge < -0.3 is 15.2 Å². The number of esters is 1. The Balaban J connectivity index is 2.53. The maximum absolute atomic E-state index is 13.6. The third-order valence-electron chi connectivity index (χ3n) is 2.75. The van der Waals surface area contributed by atoms with Crippen molar-refractivity contribution in [3.8, 4) is 17.6 Å². The third-order valence-corrected chi connectivity index (χ3v) is 2.75. The molecule has 0 spiro atoms. The summed E-state index contributed by atoms with van der Waals surface area (Å²) in [6.07, 6.45) is 0. The van der Waals surface area contributed by atoms with Gasteiger partial charge in [-0.2, -0.15) is 5.26 Å². The summed E-state index contributed by atoms with van der Waals surface area (Å²) in [5.41, 5.74) is 5.78. The lowest BCUT2D eigenvalue weighted by Crippen LogP contribution is -2.06. The number of halogens is 1. The maximum atomic E-state index is 13.6. The van der Waals surface area contributed by atoms with Gasteiger partial charge in [0.15, 0.2) is 5.75 Å². The van der Waals surface area contributed by atoms with E-state index >= 15 is 0 Å². The number of hydrogen-bond acceptors (Lipinski definition) is 5. The molecule has 6 heteroatoms. The maximum Gasteiger partial charge on any atom is 0.341 e. The smallest absolute Gasteiger partial charge is 0.341 e. The van der Waals surface area contributed by atoms with Gasteiger partial charge in [-0.25, -0.2) is 9.18 Å². The Morgan fingerprint density at radius 2 is 2.00 bits per heavy atom. The van der Waals surface area contributed by atoms with Crippen LogP contribution in [0.5, 0.6) is 11.5 Å². The van der Waals surface area contributed by atoms with Crippen LogP contribution in [-0.2, 0) is 4.74 Å². The first-order valence-electron chi connectivity index (χ1n) is 5.91. The van der Waals surface area contributed by atoms with E-state index in [9.17, 15) is 9.18 Å². The van der Waals surface area contributed by atoms with Gasteiger partial charge in [-0.15, -0.1) is 0 Å².